The lowest BCUT2D eigenvalue weighted by atomic mass is 10.1. The Labute approximate surface area is 117 Å². The van der Waals surface area contributed by atoms with E-state index in [1.165, 1.54) is 6.07 Å². The first-order valence-corrected chi connectivity index (χ1v) is 6.60. The third kappa shape index (κ3) is 3.60. The molecule has 1 unspecified atom stereocenters. The maximum atomic E-state index is 11.0. The number of hydrogen-bond donors (Lipinski definition) is 1. The van der Waals surface area contributed by atoms with Crippen molar-refractivity contribution in [3.05, 3.63) is 58.0 Å². The molecule has 1 aromatic carbocycles. The standard InChI is InChI=1S/C15H18N2O3/c1-11-5-8-15(17(18)19)14(10-11)16-12(2)6-7-13-4-3-9-20-13/h3-5,8-10,12,16H,6-7H2,1-2H3. The molecule has 5 heteroatoms. The van der Waals surface area contributed by atoms with Crippen molar-refractivity contribution in [3.8, 4) is 0 Å². The molecular weight excluding hydrogens is 256 g/mol. The van der Waals surface area contributed by atoms with Gasteiger partial charge in [-0.25, -0.2) is 0 Å². The largest absolute Gasteiger partial charge is 0.469 e. The van der Waals surface area contributed by atoms with E-state index >= 15 is 0 Å². The molecule has 0 saturated carbocycles. The van der Waals surface area contributed by atoms with Crippen molar-refractivity contribution < 1.29 is 9.34 Å². The second kappa shape index (κ2) is 6.23. The van der Waals surface area contributed by atoms with E-state index < -0.39 is 0 Å². The van der Waals surface area contributed by atoms with Gasteiger partial charge in [-0.3, -0.25) is 10.1 Å². The van der Waals surface area contributed by atoms with Crippen LogP contribution in [0.2, 0.25) is 0 Å². The summed E-state index contributed by atoms with van der Waals surface area (Å²) in [6, 6.07) is 9.01. The van der Waals surface area contributed by atoms with Crippen LogP contribution in [0.1, 0.15) is 24.7 Å². The van der Waals surface area contributed by atoms with Crippen LogP contribution in [0.4, 0.5) is 11.4 Å². The summed E-state index contributed by atoms with van der Waals surface area (Å²) in [5, 5.41) is 14.2. The van der Waals surface area contributed by atoms with Gasteiger partial charge in [0.25, 0.3) is 5.69 Å². The molecule has 0 aliphatic rings. The third-order valence-electron chi connectivity index (χ3n) is 3.15. The fourth-order valence-electron chi connectivity index (χ4n) is 2.08. The molecule has 0 bridgehead atoms. The summed E-state index contributed by atoms with van der Waals surface area (Å²) in [7, 11) is 0. The molecule has 0 aliphatic carbocycles. The fourth-order valence-corrected chi connectivity index (χ4v) is 2.08. The summed E-state index contributed by atoms with van der Waals surface area (Å²) in [4.78, 5) is 10.6. The first-order chi connectivity index (χ1) is 9.56. The molecule has 1 N–H and O–H groups in total. The molecule has 0 aliphatic heterocycles. The molecule has 0 spiro atoms. The molecule has 1 atom stereocenters. The summed E-state index contributed by atoms with van der Waals surface area (Å²) < 4.78 is 5.28. The molecule has 0 amide bonds. The van der Waals surface area contributed by atoms with Crippen LogP contribution in [0.3, 0.4) is 0 Å². The lowest BCUT2D eigenvalue weighted by molar-refractivity contribution is -0.384. The van der Waals surface area contributed by atoms with Gasteiger partial charge in [0, 0.05) is 18.5 Å². The van der Waals surface area contributed by atoms with E-state index in [-0.39, 0.29) is 16.7 Å². The molecule has 2 rings (SSSR count). The second-order valence-corrected chi connectivity index (χ2v) is 4.94. The highest BCUT2D eigenvalue weighted by molar-refractivity contribution is 5.63. The fraction of sp³-hybridized carbons (Fsp3) is 0.333. The Kier molecular flexibility index (Phi) is 4.40. The monoisotopic (exact) mass is 274 g/mol. The number of benzene rings is 1. The van der Waals surface area contributed by atoms with E-state index in [4.69, 9.17) is 4.42 Å². The van der Waals surface area contributed by atoms with Gasteiger partial charge in [0.1, 0.15) is 11.4 Å². The quantitative estimate of drug-likeness (QED) is 0.640. The maximum Gasteiger partial charge on any atom is 0.292 e. The number of nitrogens with zero attached hydrogens (tertiary/aromatic N) is 1. The number of rotatable bonds is 6. The number of hydrogen-bond acceptors (Lipinski definition) is 4. The van der Waals surface area contributed by atoms with E-state index in [2.05, 4.69) is 5.32 Å². The molecule has 5 nitrogen and oxygen atoms in total. The molecule has 20 heavy (non-hydrogen) atoms. The smallest absolute Gasteiger partial charge is 0.292 e. The molecule has 1 heterocycles. The van der Waals surface area contributed by atoms with E-state index in [1.807, 2.05) is 32.0 Å². The minimum absolute atomic E-state index is 0.112. The number of nitrogens with one attached hydrogen (secondary N) is 1. The molecule has 1 aromatic heterocycles. The average Bonchev–Trinajstić information content (AvgIpc) is 2.89. The van der Waals surface area contributed by atoms with Crippen LogP contribution in [0.5, 0.6) is 0 Å². The number of aryl methyl sites for hydroxylation is 2. The van der Waals surface area contributed by atoms with Crippen LogP contribution in [-0.4, -0.2) is 11.0 Å². The number of nitro benzene ring substituents is 1. The van der Waals surface area contributed by atoms with Gasteiger partial charge in [-0.1, -0.05) is 6.07 Å². The zero-order valence-corrected chi connectivity index (χ0v) is 11.6. The predicted molar refractivity (Wildman–Crippen MR) is 77.9 cm³/mol. The lowest BCUT2D eigenvalue weighted by Crippen LogP contribution is -2.17. The van der Waals surface area contributed by atoms with Crippen LogP contribution >= 0.6 is 0 Å². The van der Waals surface area contributed by atoms with E-state index in [9.17, 15) is 10.1 Å². The zero-order valence-electron chi connectivity index (χ0n) is 11.6. The topological polar surface area (TPSA) is 68.3 Å². The Balaban J connectivity index is 2.01. The van der Waals surface area contributed by atoms with Crippen LogP contribution < -0.4 is 5.32 Å². The van der Waals surface area contributed by atoms with Crippen LogP contribution in [0, 0.1) is 17.0 Å². The van der Waals surface area contributed by atoms with E-state index in [1.54, 1.807) is 12.3 Å². The van der Waals surface area contributed by atoms with Gasteiger partial charge in [-0.15, -0.1) is 0 Å². The third-order valence-corrected chi connectivity index (χ3v) is 3.15. The Hall–Kier alpha value is -2.30. The van der Waals surface area contributed by atoms with Gasteiger partial charge < -0.3 is 9.73 Å². The maximum absolute atomic E-state index is 11.0. The van der Waals surface area contributed by atoms with E-state index in [0.29, 0.717) is 5.69 Å². The van der Waals surface area contributed by atoms with Crippen LogP contribution in [0.25, 0.3) is 0 Å². The number of anilines is 1. The summed E-state index contributed by atoms with van der Waals surface area (Å²) in [6.45, 7) is 3.93. The summed E-state index contributed by atoms with van der Waals surface area (Å²) in [6.07, 6.45) is 3.30. The molecule has 0 saturated heterocycles. The van der Waals surface area contributed by atoms with E-state index in [0.717, 1.165) is 24.2 Å². The van der Waals surface area contributed by atoms with Crippen molar-refractivity contribution in [2.24, 2.45) is 0 Å². The summed E-state index contributed by atoms with van der Waals surface area (Å²) >= 11 is 0. The molecule has 2 aromatic rings. The highest BCUT2D eigenvalue weighted by Gasteiger charge is 2.15. The Morgan fingerprint density at radius 3 is 2.85 bits per heavy atom. The summed E-state index contributed by atoms with van der Waals surface area (Å²) in [5.74, 6) is 0.928. The van der Waals surface area contributed by atoms with Crippen LogP contribution in [-0.2, 0) is 6.42 Å². The van der Waals surface area contributed by atoms with Gasteiger partial charge >= 0.3 is 0 Å². The summed E-state index contributed by atoms with van der Waals surface area (Å²) in [5.41, 5.74) is 1.68. The van der Waals surface area contributed by atoms with Gasteiger partial charge in [0.2, 0.25) is 0 Å². The minimum atomic E-state index is -0.360. The zero-order chi connectivity index (χ0) is 14.5. The van der Waals surface area contributed by atoms with Crippen molar-refractivity contribution in [2.75, 3.05) is 5.32 Å². The van der Waals surface area contributed by atoms with Crippen molar-refractivity contribution in [3.63, 3.8) is 0 Å². The first kappa shape index (κ1) is 14.1. The van der Waals surface area contributed by atoms with Crippen molar-refractivity contribution in [1.82, 2.24) is 0 Å². The highest BCUT2D eigenvalue weighted by Crippen LogP contribution is 2.26. The van der Waals surface area contributed by atoms with Crippen molar-refractivity contribution in [2.45, 2.75) is 32.7 Å². The van der Waals surface area contributed by atoms with Gasteiger partial charge in [0.15, 0.2) is 0 Å². The molecule has 106 valence electrons. The Morgan fingerprint density at radius 1 is 1.40 bits per heavy atom. The van der Waals surface area contributed by atoms with Crippen molar-refractivity contribution in [1.29, 1.82) is 0 Å². The average molecular weight is 274 g/mol. The molecular formula is C15H18N2O3. The lowest BCUT2D eigenvalue weighted by Gasteiger charge is -2.15. The first-order valence-electron chi connectivity index (χ1n) is 6.60. The van der Waals surface area contributed by atoms with Gasteiger partial charge in [-0.2, -0.15) is 0 Å². The highest BCUT2D eigenvalue weighted by atomic mass is 16.6. The normalized spacial score (nSPS) is 12.1. The minimum Gasteiger partial charge on any atom is -0.469 e. The molecule has 0 radical (unpaired) electrons. The van der Waals surface area contributed by atoms with Gasteiger partial charge in [-0.05, 0) is 44.0 Å². The SMILES string of the molecule is Cc1ccc([N+](=O)[O-])c(NC(C)CCc2ccco2)c1. The second-order valence-electron chi connectivity index (χ2n) is 4.94. The van der Waals surface area contributed by atoms with Gasteiger partial charge in [0.05, 0.1) is 11.2 Å². The van der Waals surface area contributed by atoms with Crippen LogP contribution in [0.15, 0.2) is 41.0 Å². The Morgan fingerprint density at radius 2 is 2.20 bits per heavy atom. The molecule has 0 fully saturated rings. The predicted octanol–water partition coefficient (Wildman–Crippen LogP) is 3.93. The number of furan rings is 1. The van der Waals surface area contributed by atoms with Crippen molar-refractivity contribution >= 4 is 11.4 Å². The number of nitro groups is 1. The Bertz CT molecular complexity index is 579.